The number of halogens is 2. The van der Waals surface area contributed by atoms with Crippen LogP contribution >= 0.6 is 0 Å². The standard InChI is InChI=1S/C16H19F2NO/c1-10-8-15(12(3)20-10)11(2)19-9-13-4-6-14(7-5-13)16(17)18/h4-8,11,16,19H,9H2,1-3H3. The second-order valence-corrected chi connectivity index (χ2v) is 5.01. The predicted molar refractivity (Wildman–Crippen MR) is 74.8 cm³/mol. The summed E-state index contributed by atoms with van der Waals surface area (Å²) in [6, 6.07) is 8.58. The molecule has 4 heteroatoms. The molecule has 1 N–H and O–H groups in total. The van der Waals surface area contributed by atoms with Gasteiger partial charge in [0, 0.05) is 23.7 Å². The van der Waals surface area contributed by atoms with Crippen molar-refractivity contribution in [2.45, 2.75) is 39.8 Å². The minimum Gasteiger partial charge on any atom is -0.466 e. The van der Waals surface area contributed by atoms with E-state index in [0.717, 1.165) is 22.6 Å². The number of hydrogen-bond donors (Lipinski definition) is 1. The van der Waals surface area contributed by atoms with E-state index in [1.165, 1.54) is 12.1 Å². The molecular formula is C16H19F2NO. The van der Waals surface area contributed by atoms with Crippen molar-refractivity contribution >= 4 is 0 Å². The lowest BCUT2D eigenvalue weighted by atomic mass is 10.1. The summed E-state index contributed by atoms with van der Waals surface area (Å²) in [4.78, 5) is 0. The molecule has 0 aliphatic carbocycles. The van der Waals surface area contributed by atoms with Crippen LogP contribution in [0.15, 0.2) is 34.7 Å². The van der Waals surface area contributed by atoms with Crippen molar-refractivity contribution in [3.05, 3.63) is 58.5 Å². The van der Waals surface area contributed by atoms with Gasteiger partial charge in [-0.25, -0.2) is 8.78 Å². The van der Waals surface area contributed by atoms with Gasteiger partial charge in [0.2, 0.25) is 0 Å². The van der Waals surface area contributed by atoms with Gasteiger partial charge in [0.15, 0.2) is 0 Å². The predicted octanol–water partition coefficient (Wildman–Crippen LogP) is 4.68. The van der Waals surface area contributed by atoms with Gasteiger partial charge in [-0.2, -0.15) is 0 Å². The fourth-order valence-corrected chi connectivity index (χ4v) is 2.24. The third-order valence-corrected chi connectivity index (χ3v) is 3.39. The Kier molecular flexibility index (Phi) is 4.55. The Balaban J connectivity index is 1.96. The number of benzene rings is 1. The van der Waals surface area contributed by atoms with Crippen molar-refractivity contribution in [3.8, 4) is 0 Å². The van der Waals surface area contributed by atoms with Crippen molar-refractivity contribution in [2.75, 3.05) is 0 Å². The number of rotatable bonds is 5. The van der Waals surface area contributed by atoms with E-state index in [0.29, 0.717) is 6.54 Å². The molecule has 0 saturated carbocycles. The van der Waals surface area contributed by atoms with Gasteiger partial charge in [-0.05, 0) is 32.4 Å². The average molecular weight is 279 g/mol. The molecule has 0 amide bonds. The zero-order valence-corrected chi connectivity index (χ0v) is 11.9. The summed E-state index contributed by atoms with van der Waals surface area (Å²) in [6.45, 7) is 6.56. The number of aryl methyl sites for hydroxylation is 2. The third-order valence-electron chi connectivity index (χ3n) is 3.39. The van der Waals surface area contributed by atoms with E-state index in [2.05, 4.69) is 12.2 Å². The summed E-state index contributed by atoms with van der Waals surface area (Å²) in [5, 5.41) is 3.37. The topological polar surface area (TPSA) is 25.2 Å². The number of furan rings is 1. The van der Waals surface area contributed by atoms with Crippen LogP contribution in [0.3, 0.4) is 0 Å². The fourth-order valence-electron chi connectivity index (χ4n) is 2.24. The van der Waals surface area contributed by atoms with Gasteiger partial charge in [0.05, 0.1) is 0 Å². The van der Waals surface area contributed by atoms with Gasteiger partial charge in [-0.1, -0.05) is 24.3 Å². The van der Waals surface area contributed by atoms with Crippen LogP contribution in [0.2, 0.25) is 0 Å². The molecule has 1 heterocycles. The molecule has 1 atom stereocenters. The Bertz CT molecular complexity index is 560. The van der Waals surface area contributed by atoms with Crippen LogP contribution in [0.5, 0.6) is 0 Å². The molecule has 0 aliphatic rings. The Hall–Kier alpha value is -1.68. The monoisotopic (exact) mass is 279 g/mol. The molecule has 0 fully saturated rings. The minimum absolute atomic E-state index is 0.0584. The van der Waals surface area contributed by atoms with Gasteiger partial charge in [-0.15, -0.1) is 0 Å². The molecule has 2 nitrogen and oxygen atoms in total. The van der Waals surface area contributed by atoms with Gasteiger partial charge >= 0.3 is 0 Å². The maximum atomic E-state index is 12.5. The lowest BCUT2D eigenvalue weighted by Gasteiger charge is -2.13. The molecule has 1 aromatic heterocycles. The average Bonchev–Trinajstić information content (AvgIpc) is 2.75. The Labute approximate surface area is 117 Å². The lowest BCUT2D eigenvalue weighted by molar-refractivity contribution is 0.151. The van der Waals surface area contributed by atoms with Crippen molar-refractivity contribution in [3.63, 3.8) is 0 Å². The summed E-state index contributed by atoms with van der Waals surface area (Å²) in [7, 11) is 0. The van der Waals surface area contributed by atoms with Crippen LogP contribution in [0.25, 0.3) is 0 Å². The van der Waals surface area contributed by atoms with E-state index in [1.54, 1.807) is 12.1 Å². The van der Waals surface area contributed by atoms with Crippen LogP contribution < -0.4 is 5.32 Å². The first-order chi connectivity index (χ1) is 9.47. The molecule has 20 heavy (non-hydrogen) atoms. The van der Waals surface area contributed by atoms with Gasteiger partial charge < -0.3 is 9.73 Å². The highest BCUT2D eigenvalue weighted by atomic mass is 19.3. The van der Waals surface area contributed by atoms with Crippen molar-refractivity contribution in [1.82, 2.24) is 5.32 Å². The van der Waals surface area contributed by atoms with Crippen LogP contribution in [0.4, 0.5) is 8.78 Å². The third kappa shape index (κ3) is 3.45. The second kappa shape index (κ2) is 6.18. The first-order valence-corrected chi connectivity index (χ1v) is 6.64. The summed E-state index contributed by atoms with van der Waals surface area (Å²) in [5.74, 6) is 1.81. The molecule has 0 aliphatic heterocycles. The van der Waals surface area contributed by atoms with Gasteiger partial charge in [0.1, 0.15) is 11.5 Å². The fraction of sp³-hybridized carbons (Fsp3) is 0.375. The Morgan fingerprint density at radius 1 is 1.15 bits per heavy atom. The van der Waals surface area contributed by atoms with E-state index in [-0.39, 0.29) is 11.6 Å². The minimum atomic E-state index is -2.41. The van der Waals surface area contributed by atoms with E-state index in [4.69, 9.17) is 4.42 Å². The van der Waals surface area contributed by atoms with E-state index in [9.17, 15) is 8.78 Å². The van der Waals surface area contributed by atoms with Crippen molar-refractivity contribution in [2.24, 2.45) is 0 Å². The maximum absolute atomic E-state index is 12.5. The normalized spacial score (nSPS) is 12.9. The van der Waals surface area contributed by atoms with E-state index in [1.807, 2.05) is 19.9 Å². The molecule has 0 saturated heterocycles. The maximum Gasteiger partial charge on any atom is 0.263 e. The molecule has 1 unspecified atom stereocenters. The smallest absolute Gasteiger partial charge is 0.263 e. The van der Waals surface area contributed by atoms with E-state index < -0.39 is 6.43 Å². The van der Waals surface area contributed by atoms with Crippen LogP contribution in [0.1, 0.15) is 47.6 Å². The summed E-state index contributed by atoms with van der Waals surface area (Å²) in [5.41, 5.74) is 2.17. The first-order valence-electron chi connectivity index (χ1n) is 6.64. The molecule has 2 rings (SSSR count). The number of nitrogens with one attached hydrogen (secondary N) is 1. The van der Waals surface area contributed by atoms with Crippen molar-refractivity contribution < 1.29 is 13.2 Å². The first kappa shape index (κ1) is 14.7. The summed E-state index contributed by atoms with van der Waals surface area (Å²) in [6.07, 6.45) is -2.41. The molecule has 0 bridgehead atoms. The van der Waals surface area contributed by atoms with Gasteiger partial charge in [0.25, 0.3) is 6.43 Å². The van der Waals surface area contributed by atoms with Crippen molar-refractivity contribution in [1.29, 1.82) is 0 Å². The quantitative estimate of drug-likeness (QED) is 0.859. The van der Waals surface area contributed by atoms with Crippen LogP contribution in [-0.2, 0) is 6.54 Å². The SMILES string of the molecule is Cc1cc(C(C)NCc2ccc(C(F)F)cc2)c(C)o1. The molecule has 2 aromatic rings. The highest BCUT2D eigenvalue weighted by Gasteiger charge is 2.12. The zero-order chi connectivity index (χ0) is 14.7. The molecule has 108 valence electrons. The van der Waals surface area contributed by atoms with Crippen LogP contribution in [-0.4, -0.2) is 0 Å². The molecular weight excluding hydrogens is 260 g/mol. The largest absolute Gasteiger partial charge is 0.466 e. The highest BCUT2D eigenvalue weighted by molar-refractivity contribution is 5.25. The molecule has 0 spiro atoms. The highest BCUT2D eigenvalue weighted by Crippen LogP contribution is 2.22. The van der Waals surface area contributed by atoms with Gasteiger partial charge in [-0.3, -0.25) is 0 Å². The number of alkyl halides is 2. The van der Waals surface area contributed by atoms with Crippen LogP contribution in [0, 0.1) is 13.8 Å². The second-order valence-electron chi connectivity index (χ2n) is 5.01. The molecule has 1 aromatic carbocycles. The van der Waals surface area contributed by atoms with E-state index >= 15 is 0 Å². The summed E-state index contributed by atoms with van der Waals surface area (Å²) >= 11 is 0. The number of hydrogen-bond acceptors (Lipinski definition) is 2. The lowest BCUT2D eigenvalue weighted by Crippen LogP contribution is -2.18. The Morgan fingerprint density at radius 3 is 2.30 bits per heavy atom. The summed E-state index contributed by atoms with van der Waals surface area (Å²) < 4.78 is 30.4. The Morgan fingerprint density at radius 2 is 1.80 bits per heavy atom. The zero-order valence-electron chi connectivity index (χ0n) is 11.9. The molecule has 0 radical (unpaired) electrons.